The van der Waals surface area contributed by atoms with Gasteiger partial charge in [0.2, 0.25) is 0 Å². The second kappa shape index (κ2) is 8.43. The molecule has 0 saturated heterocycles. The number of benzene rings is 1. The first-order valence-electron chi connectivity index (χ1n) is 9.59. The van der Waals surface area contributed by atoms with Gasteiger partial charge in [0.15, 0.2) is 8.32 Å². The SMILES string of the molecule is CC(C)(C)[Si](C)(C)O[C@@H](c1ccccc1)[C@@H]1CCCC=C1OS(=O)(=O)C(F)(F)F. The van der Waals surface area contributed by atoms with Crippen molar-refractivity contribution in [2.24, 2.45) is 5.92 Å². The molecule has 0 heterocycles. The minimum absolute atomic E-state index is 0.128. The average Bonchev–Trinajstić information content (AvgIpc) is 2.59. The lowest BCUT2D eigenvalue weighted by Gasteiger charge is -2.42. The molecule has 0 unspecified atom stereocenters. The third kappa shape index (κ3) is 5.64. The molecule has 164 valence electrons. The van der Waals surface area contributed by atoms with Crippen LogP contribution in [0.3, 0.4) is 0 Å². The highest BCUT2D eigenvalue weighted by Gasteiger charge is 2.50. The third-order valence-electron chi connectivity index (χ3n) is 5.64. The van der Waals surface area contributed by atoms with Gasteiger partial charge in [-0.2, -0.15) is 21.6 Å². The van der Waals surface area contributed by atoms with Gasteiger partial charge in [-0.25, -0.2) is 0 Å². The Morgan fingerprint density at radius 3 is 2.21 bits per heavy atom. The summed E-state index contributed by atoms with van der Waals surface area (Å²) in [5, 5.41) is -0.128. The van der Waals surface area contributed by atoms with Gasteiger partial charge < -0.3 is 8.61 Å². The van der Waals surface area contributed by atoms with Crippen molar-refractivity contribution in [1.82, 2.24) is 0 Å². The molecule has 0 N–H and O–H groups in total. The summed E-state index contributed by atoms with van der Waals surface area (Å²) in [6.07, 6.45) is 2.51. The van der Waals surface area contributed by atoms with Gasteiger partial charge >= 0.3 is 15.6 Å². The fraction of sp³-hybridized carbons (Fsp3) is 0.600. The predicted octanol–water partition coefficient (Wildman–Crippen LogP) is 6.30. The number of hydrogen-bond acceptors (Lipinski definition) is 4. The zero-order chi connectivity index (χ0) is 22.1. The molecule has 1 aliphatic carbocycles. The molecule has 0 radical (unpaired) electrons. The molecule has 1 aromatic carbocycles. The van der Waals surface area contributed by atoms with E-state index in [4.69, 9.17) is 4.43 Å². The summed E-state index contributed by atoms with van der Waals surface area (Å²) in [5.41, 5.74) is -4.68. The molecule has 1 aromatic rings. The van der Waals surface area contributed by atoms with Crippen molar-refractivity contribution in [1.29, 1.82) is 0 Å². The Morgan fingerprint density at radius 1 is 1.10 bits per heavy atom. The van der Waals surface area contributed by atoms with E-state index in [1.165, 1.54) is 6.08 Å². The smallest absolute Gasteiger partial charge is 0.409 e. The number of halogens is 3. The maximum atomic E-state index is 12.9. The Balaban J connectivity index is 2.46. The average molecular weight is 451 g/mol. The maximum Gasteiger partial charge on any atom is 0.534 e. The van der Waals surface area contributed by atoms with Crippen molar-refractivity contribution >= 4 is 18.4 Å². The molecule has 0 fully saturated rings. The molecule has 9 heteroatoms. The van der Waals surface area contributed by atoms with E-state index in [-0.39, 0.29) is 10.8 Å². The van der Waals surface area contributed by atoms with Crippen molar-refractivity contribution in [2.75, 3.05) is 0 Å². The van der Waals surface area contributed by atoms with E-state index in [1.54, 1.807) is 0 Å². The second-order valence-corrected chi connectivity index (χ2v) is 15.1. The minimum atomic E-state index is -5.73. The first-order chi connectivity index (χ1) is 13.2. The summed E-state index contributed by atoms with van der Waals surface area (Å²) in [5.74, 6) is -0.793. The summed E-state index contributed by atoms with van der Waals surface area (Å²) in [4.78, 5) is 0. The number of alkyl halides is 3. The number of allylic oxidation sites excluding steroid dienone is 1. The monoisotopic (exact) mass is 450 g/mol. The lowest BCUT2D eigenvalue weighted by Crippen LogP contribution is -2.43. The fourth-order valence-corrected chi connectivity index (χ4v) is 4.79. The van der Waals surface area contributed by atoms with E-state index in [1.807, 2.05) is 30.3 Å². The largest absolute Gasteiger partial charge is 0.534 e. The van der Waals surface area contributed by atoms with Gasteiger partial charge in [-0.15, -0.1) is 0 Å². The molecule has 2 rings (SSSR count). The van der Waals surface area contributed by atoms with E-state index >= 15 is 0 Å². The van der Waals surface area contributed by atoms with Crippen LogP contribution in [0, 0.1) is 5.92 Å². The maximum absolute atomic E-state index is 12.9. The number of hydrogen-bond donors (Lipinski definition) is 0. The Hall–Kier alpha value is -1.32. The van der Waals surface area contributed by atoms with Gasteiger partial charge in [-0.1, -0.05) is 51.1 Å². The van der Waals surface area contributed by atoms with E-state index in [0.717, 1.165) is 5.56 Å². The topological polar surface area (TPSA) is 52.6 Å². The summed E-state index contributed by atoms with van der Waals surface area (Å²) in [7, 11) is -8.04. The van der Waals surface area contributed by atoms with Crippen LogP contribution in [-0.4, -0.2) is 22.2 Å². The quantitative estimate of drug-likeness (QED) is 0.290. The molecule has 2 atom stereocenters. The van der Waals surface area contributed by atoms with Crippen LogP contribution in [0.5, 0.6) is 0 Å². The lowest BCUT2D eigenvalue weighted by atomic mass is 9.86. The zero-order valence-corrected chi connectivity index (χ0v) is 19.2. The van der Waals surface area contributed by atoms with Gasteiger partial charge in [0.1, 0.15) is 5.76 Å². The van der Waals surface area contributed by atoms with Crippen LogP contribution in [0.4, 0.5) is 13.2 Å². The van der Waals surface area contributed by atoms with Crippen molar-refractivity contribution in [3.8, 4) is 0 Å². The van der Waals surface area contributed by atoms with E-state index in [2.05, 4.69) is 38.0 Å². The Kier molecular flexibility index (Phi) is 6.96. The van der Waals surface area contributed by atoms with Crippen LogP contribution in [0.15, 0.2) is 42.2 Å². The Bertz CT molecular complexity index is 828. The van der Waals surface area contributed by atoms with Crippen LogP contribution in [0.25, 0.3) is 0 Å². The normalized spacial score (nSPS) is 20.1. The van der Waals surface area contributed by atoms with E-state index in [0.29, 0.717) is 19.3 Å². The van der Waals surface area contributed by atoms with Gasteiger partial charge in [-0.3, -0.25) is 0 Å². The highest BCUT2D eigenvalue weighted by molar-refractivity contribution is 7.87. The summed E-state index contributed by atoms with van der Waals surface area (Å²) in [6, 6.07) is 9.20. The molecule has 0 bridgehead atoms. The van der Waals surface area contributed by atoms with Crippen LogP contribution in [0.2, 0.25) is 18.1 Å². The van der Waals surface area contributed by atoms with Crippen molar-refractivity contribution in [3.63, 3.8) is 0 Å². The molecule has 0 aliphatic heterocycles. The van der Waals surface area contributed by atoms with Crippen LogP contribution in [-0.2, 0) is 18.7 Å². The highest BCUT2D eigenvalue weighted by atomic mass is 32.2. The second-order valence-electron chi connectivity index (χ2n) is 8.84. The fourth-order valence-electron chi connectivity index (χ4n) is 2.97. The Morgan fingerprint density at radius 2 is 1.69 bits per heavy atom. The van der Waals surface area contributed by atoms with Gasteiger partial charge in [0.05, 0.1) is 6.10 Å². The van der Waals surface area contributed by atoms with Crippen LogP contribution >= 0.6 is 0 Å². The molecule has 0 spiro atoms. The zero-order valence-electron chi connectivity index (χ0n) is 17.4. The first kappa shape index (κ1) is 24.0. The lowest BCUT2D eigenvalue weighted by molar-refractivity contribution is -0.0535. The summed E-state index contributed by atoms with van der Waals surface area (Å²) >= 11 is 0. The van der Waals surface area contributed by atoms with Crippen molar-refractivity contribution in [3.05, 3.63) is 47.7 Å². The van der Waals surface area contributed by atoms with Gasteiger partial charge in [0, 0.05) is 5.92 Å². The molecule has 0 saturated carbocycles. The molecular formula is C20H29F3O4SSi. The van der Waals surface area contributed by atoms with Crippen molar-refractivity contribution in [2.45, 2.75) is 69.8 Å². The predicted molar refractivity (Wildman–Crippen MR) is 109 cm³/mol. The number of rotatable bonds is 6. The first-order valence-corrected chi connectivity index (χ1v) is 13.9. The van der Waals surface area contributed by atoms with Gasteiger partial charge in [0.25, 0.3) is 0 Å². The molecule has 0 amide bonds. The summed E-state index contributed by atoms with van der Waals surface area (Å²) in [6.45, 7) is 10.3. The summed E-state index contributed by atoms with van der Waals surface area (Å²) < 4.78 is 73.2. The standard InChI is InChI=1S/C20H29F3O4SSi/c1-19(2,3)29(4,5)27-18(15-11-7-6-8-12-15)16-13-9-10-14-17(16)26-28(24,25)20(21,22)23/h6-8,11-12,14,16,18H,9-10,13H2,1-5H3/t16-,18+/m1/s1. The third-order valence-corrected chi connectivity index (χ3v) is 11.1. The van der Waals surface area contributed by atoms with Crippen LogP contribution < -0.4 is 0 Å². The molecular weight excluding hydrogens is 421 g/mol. The molecule has 29 heavy (non-hydrogen) atoms. The van der Waals surface area contributed by atoms with E-state index < -0.39 is 36.0 Å². The Labute approximate surface area is 172 Å². The van der Waals surface area contributed by atoms with Gasteiger partial charge in [-0.05, 0) is 49.0 Å². The molecule has 4 nitrogen and oxygen atoms in total. The van der Waals surface area contributed by atoms with Crippen LogP contribution in [0.1, 0.15) is 51.7 Å². The molecule has 1 aliphatic rings. The van der Waals surface area contributed by atoms with Crippen molar-refractivity contribution < 1.29 is 30.2 Å². The highest BCUT2D eigenvalue weighted by Crippen LogP contribution is 2.46. The van der Waals surface area contributed by atoms with E-state index in [9.17, 15) is 21.6 Å². The molecule has 0 aromatic heterocycles. The minimum Gasteiger partial charge on any atom is -0.409 e.